The van der Waals surface area contributed by atoms with Crippen molar-refractivity contribution < 1.29 is 23.1 Å². The summed E-state index contributed by atoms with van der Waals surface area (Å²) in [6, 6.07) is 0. The molecule has 0 radical (unpaired) electrons. The lowest BCUT2D eigenvalue weighted by Gasteiger charge is -1.94. The Hall–Kier alpha value is -0.770. The predicted octanol–water partition coefficient (Wildman–Crippen LogP) is 1.82. The summed E-state index contributed by atoms with van der Waals surface area (Å²) in [5.74, 6) is -0.460. The van der Waals surface area contributed by atoms with E-state index in [1.807, 2.05) is 0 Å². The van der Waals surface area contributed by atoms with Crippen LogP contribution in [0.3, 0.4) is 0 Å². The van der Waals surface area contributed by atoms with Crippen molar-refractivity contribution in [2.45, 2.75) is 13.8 Å². The van der Waals surface area contributed by atoms with Gasteiger partial charge >= 0.3 is 14.2 Å². The van der Waals surface area contributed by atoms with E-state index in [2.05, 4.69) is 9.26 Å². The molecule has 0 aromatic heterocycles. The minimum Gasteiger partial charge on any atom is -0.466 e. The summed E-state index contributed by atoms with van der Waals surface area (Å²) in [6.45, 7) is 3.80. The van der Waals surface area contributed by atoms with Crippen LogP contribution in [-0.4, -0.2) is 26.3 Å². The zero-order chi connectivity index (χ0) is 11.0. The van der Waals surface area contributed by atoms with E-state index < -0.39 is 14.2 Å². The van der Waals surface area contributed by atoms with Gasteiger partial charge in [0, 0.05) is 10.6 Å². The largest absolute Gasteiger partial charge is 0.697 e. The maximum Gasteiger partial charge on any atom is 0.697 e. The zero-order valence-electron chi connectivity index (χ0n) is 8.48. The number of hydrogen-bond acceptors (Lipinski definition) is 5. The maximum atomic E-state index is 10.9. The van der Waals surface area contributed by atoms with Crippen molar-refractivity contribution in [1.29, 1.82) is 0 Å². The minimum absolute atomic E-state index is 0.0876. The Kier molecular flexibility index (Phi) is 7.20. The number of rotatable bonds is 6. The minimum atomic E-state index is -2.09. The molecule has 0 aliphatic carbocycles. The van der Waals surface area contributed by atoms with Gasteiger partial charge in [-0.1, -0.05) is 0 Å². The molecule has 0 saturated carbocycles. The molecule has 0 amide bonds. The number of esters is 1. The van der Waals surface area contributed by atoms with Crippen LogP contribution in [0.4, 0.5) is 0 Å². The molecule has 5 nitrogen and oxygen atoms in total. The fraction of sp³-hybridized carbons (Fsp3) is 0.625. The van der Waals surface area contributed by atoms with Crippen LogP contribution in [-0.2, 0) is 23.1 Å². The first kappa shape index (κ1) is 13.2. The van der Waals surface area contributed by atoms with E-state index in [9.17, 15) is 9.36 Å². The number of methoxy groups -OCH3 is 1. The summed E-state index contributed by atoms with van der Waals surface area (Å²) in [4.78, 5) is 10.7. The highest BCUT2D eigenvalue weighted by molar-refractivity contribution is 7.33. The van der Waals surface area contributed by atoms with Gasteiger partial charge in [-0.3, -0.25) is 0 Å². The molecule has 0 N–H and O–H groups in total. The van der Waals surface area contributed by atoms with Crippen LogP contribution in [0.1, 0.15) is 13.8 Å². The van der Waals surface area contributed by atoms with E-state index >= 15 is 0 Å². The molecule has 0 aliphatic rings. The lowest BCUT2D eigenvalue weighted by atomic mass is 10.3. The fourth-order valence-electron chi connectivity index (χ4n) is 0.599. The van der Waals surface area contributed by atoms with Gasteiger partial charge in [0.05, 0.1) is 7.11 Å². The SMILES string of the molecule is CCO[P+](=O)OC/C(C)=C/C(=O)OC. The lowest BCUT2D eigenvalue weighted by Crippen LogP contribution is -1.99. The van der Waals surface area contributed by atoms with Gasteiger partial charge in [0.25, 0.3) is 0 Å². The Balaban J connectivity index is 3.83. The second kappa shape index (κ2) is 7.62. The molecule has 0 aromatic carbocycles. The van der Waals surface area contributed by atoms with Crippen LogP contribution in [0.15, 0.2) is 11.6 Å². The third-order valence-electron chi connectivity index (χ3n) is 1.20. The number of hydrogen-bond donors (Lipinski definition) is 0. The van der Waals surface area contributed by atoms with Crippen LogP contribution >= 0.6 is 8.25 Å². The van der Waals surface area contributed by atoms with Crippen molar-refractivity contribution in [3.63, 3.8) is 0 Å². The van der Waals surface area contributed by atoms with E-state index in [0.717, 1.165) is 0 Å². The zero-order valence-corrected chi connectivity index (χ0v) is 9.37. The molecule has 0 aliphatic heterocycles. The summed E-state index contributed by atoms with van der Waals surface area (Å²) < 4.78 is 24.7. The maximum absolute atomic E-state index is 10.9. The molecule has 0 heterocycles. The standard InChI is InChI=1S/C8H14O5P/c1-4-12-14(10)13-6-7(2)5-8(9)11-3/h5H,4,6H2,1-3H3/q+1/b7-5+. The molecule has 14 heavy (non-hydrogen) atoms. The van der Waals surface area contributed by atoms with E-state index in [0.29, 0.717) is 12.2 Å². The molecule has 1 atom stereocenters. The number of ether oxygens (including phenoxy) is 1. The third kappa shape index (κ3) is 6.71. The fourth-order valence-corrected chi connectivity index (χ4v) is 1.19. The highest BCUT2D eigenvalue weighted by atomic mass is 31.1. The van der Waals surface area contributed by atoms with Gasteiger partial charge in [-0.05, 0) is 19.4 Å². The number of carbonyl (C=O) groups excluding carboxylic acids is 1. The topological polar surface area (TPSA) is 61.8 Å². The van der Waals surface area contributed by atoms with E-state index in [4.69, 9.17) is 4.52 Å². The Morgan fingerprint density at radius 2 is 2.07 bits per heavy atom. The first-order valence-corrected chi connectivity index (χ1v) is 5.18. The van der Waals surface area contributed by atoms with Crippen molar-refractivity contribution in [1.82, 2.24) is 0 Å². The van der Waals surface area contributed by atoms with Gasteiger partial charge in [0.2, 0.25) is 0 Å². The van der Waals surface area contributed by atoms with Gasteiger partial charge in [-0.15, -0.1) is 9.05 Å². The van der Waals surface area contributed by atoms with Crippen molar-refractivity contribution in [2.24, 2.45) is 0 Å². The molecule has 0 saturated heterocycles. The van der Waals surface area contributed by atoms with Crippen molar-refractivity contribution in [2.75, 3.05) is 20.3 Å². The van der Waals surface area contributed by atoms with Crippen molar-refractivity contribution >= 4 is 14.2 Å². The van der Waals surface area contributed by atoms with Gasteiger partial charge in [-0.25, -0.2) is 4.79 Å². The highest BCUT2D eigenvalue weighted by Crippen LogP contribution is 2.23. The molecule has 0 bridgehead atoms. The van der Waals surface area contributed by atoms with E-state index in [1.54, 1.807) is 13.8 Å². The summed E-state index contributed by atoms with van der Waals surface area (Å²) in [6.07, 6.45) is 1.27. The second-order valence-electron chi connectivity index (χ2n) is 2.43. The number of carbonyl (C=O) groups is 1. The summed E-state index contributed by atoms with van der Waals surface area (Å²) in [5.41, 5.74) is 0.625. The van der Waals surface area contributed by atoms with Crippen molar-refractivity contribution in [3.05, 3.63) is 11.6 Å². The van der Waals surface area contributed by atoms with Gasteiger partial charge in [0.15, 0.2) is 0 Å². The van der Waals surface area contributed by atoms with Gasteiger partial charge in [-0.2, -0.15) is 0 Å². The van der Waals surface area contributed by atoms with E-state index in [-0.39, 0.29) is 6.61 Å². The molecule has 1 unspecified atom stereocenters. The molecule has 0 spiro atoms. The average molecular weight is 221 g/mol. The van der Waals surface area contributed by atoms with E-state index in [1.165, 1.54) is 13.2 Å². The highest BCUT2D eigenvalue weighted by Gasteiger charge is 2.18. The summed E-state index contributed by atoms with van der Waals surface area (Å²) in [7, 11) is -0.800. The first-order chi connectivity index (χ1) is 6.60. The smallest absolute Gasteiger partial charge is 0.466 e. The Morgan fingerprint density at radius 3 is 2.57 bits per heavy atom. The van der Waals surface area contributed by atoms with Gasteiger partial charge < -0.3 is 4.74 Å². The van der Waals surface area contributed by atoms with Crippen LogP contribution < -0.4 is 0 Å². The quantitative estimate of drug-likeness (QED) is 0.389. The molecule has 0 rings (SSSR count). The molecular formula is C8H14O5P+. The van der Waals surface area contributed by atoms with Crippen LogP contribution in [0.5, 0.6) is 0 Å². The Morgan fingerprint density at radius 1 is 1.43 bits per heavy atom. The Labute approximate surface area is 84.0 Å². The molecular weight excluding hydrogens is 207 g/mol. The monoisotopic (exact) mass is 221 g/mol. The summed E-state index contributed by atoms with van der Waals surface area (Å²) >= 11 is 0. The lowest BCUT2D eigenvalue weighted by molar-refractivity contribution is -0.134. The van der Waals surface area contributed by atoms with Crippen LogP contribution in [0.2, 0.25) is 0 Å². The van der Waals surface area contributed by atoms with Gasteiger partial charge in [0.1, 0.15) is 13.2 Å². The average Bonchev–Trinajstić information content (AvgIpc) is 2.15. The molecule has 6 heteroatoms. The van der Waals surface area contributed by atoms with Crippen LogP contribution in [0, 0.1) is 0 Å². The molecule has 80 valence electrons. The van der Waals surface area contributed by atoms with Crippen LogP contribution in [0.25, 0.3) is 0 Å². The Bertz CT molecular complexity index is 236. The first-order valence-electron chi connectivity index (χ1n) is 4.08. The normalized spacial score (nSPS) is 12.5. The van der Waals surface area contributed by atoms with Crippen molar-refractivity contribution in [3.8, 4) is 0 Å². The third-order valence-corrected chi connectivity index (χ3v) is 2.01. The molecule has 0 fully saturated rings. The predicted molar refractivity (Wildman–Crippen MR) is 51.0 cm³/mol. The molecule has 0 aromatic rings. The second-order valence-corrected chi connectivity index (χ2v) is 3.39. The summed E-state index contributed by atoms with van der Waals surface area (Å²) in [5, 5.41) is 0.